The number of rotatable bonds is 5. The molecule has 0 fully saturated rings. The Bertz CT molecular complexity index is 1130. The molecule has 3 heterocycles. The molecule has 1 aromatic carbocycles. The SMILES string of the molecule is Cc1cccn(-c2ccc(C3=C[C@@H](CNC(=O)c4ccc(Cl)s4)ON3)cc2)c1=O. The van der Waals surface area contributed by atoms with Gasteiger partial charge in [0, 0.05) is 17.4 Å². The summed E-state index contributed by atoms with van der Waals surface area (Å²) in [5.74, 6) is -0.180. The fourth-order valence-corrected chi connectivity index (χ4v) is 3.93. The molecule has 8 heteroatoms. The van der Waals surface area contributed by atoms with Crippen molar-refractivity contribution in [3.8, 4) is 5.69 Å². The quantitative estimate of drug-likeness (QED) is 0.653. The lowest BCUT2D eigenvalue weighted by atomic mass is 10.1. The summed E-state index contributed by atoms with van der Waals surface area (Å²) in [7, 11) is 0. The Kier molecular flexibility index (Phi) is 5.53. The Balaban J connectivity index is 1.42. The number of halogens is 1. The molecule has 0 bridgehead atoms. The van der Waals surface area contributed by atoms with E-state index in [0.29, 0.717) is 21.3 Å². The number of benzene rings is 1. The summed E-state index contributed by atoms with van der Waals surface area (Å²) in [5.41, 5.74) is 6.08. The van der Waals surface area contributed by atoms with Crippen molar-refractivity contribution in [1.82, 2.24) is 15.4 Å². The Hall–Kier alpha value is -2.87. The molecule has 0 aliphatic carbocycles. The first-order chi connectivity index (χ1) is 14.0. The first kappa shape index (κ1) is 19.4. The van der Waals surface area contributed by atoms with Gasteiger partial charge in [-0.15, -0.1) is 11.3 Å². The number of aromatic nitrogens is 1. The molecule has 1 aliphatic rings. The van der Waals surface area contributed by atoms with Gasteiger partial charge in [-0.25, -0.2) is 0 Å². The second-order valence-corrected chi connectivity index (χ2v) is 8.28. The third-order valence-corrected chi connectivity index (χ3v) is 5.76. The predicted molar refractivity (Wildman–Crippen MR) is 114 cm³/mol. The van der Waals surface area contributed by atoms with Crippen molar-refractivity contribution in [2.75, 3.05) is 6.54 Å². The van der Waals surface area contributed by atoms with Gasteiger partial charge in [0.2, 0.25) is 0 Å². The minimum atomic E-state index is -0.288. The molecule has 1 atom stereocenters. The number of nitrogens with one attached hydrogen (secondary N) is 2. The summed E-state index contributed by atoms with van der Waals surface area (Å²) in [4.78, 5) is 30.5. The molecule has 1 aliphatic heterocycles. The molecule has 148 valence electrons. The highest BCUT2D eigenvalue weighted by Crippen LogP contribution is 2.22. The van der Waals surface area contributed by atoms with Crippen molar-refractivity contribution in [3.63, 3.8) is 0 Å². The number of carbonyl (C=O) groups excluding carboxylic acids is 1. The molecule has 2 N–H and O–H groups in total. The van der Waals surface area contributed by atoms with E-state index in [1.807, 2.05) is 36.4 Å². The summed E-state index contributed by atoms with van der Waals surface area (Å²) in [6, 6.07) is 14.6. The number of carbonyl (C=O) groups is 1. The van der Waals surface area contributed by atoms with E-state index in [4.69, 9.17) is 16.4 Å². The van der Waals surface area contributed by atoms with Crippen molar-refractivity contribution in [2.45, 2.75) is 13.0 Å². The number of pyridine rings is 1. The summed E-state index contributed by atoms with van der Waals surface area (Å²) in [6.45, 7) is 2.13. The van der Waals surface area contributed by atoms with E-state index in [1.165, 1.54) is 11.3 Å². The zero-order valence-corrected chi connectivity index (χ0v) is 17.1. The smallest absolute Gasteiger partial charge is 0.261 e. The van der Waals surface area contributed by atoms with Crippen LogP contribution in [-0.2, 0) is 4.84 Å². The molecule has 29 heavy (non-hydrogen) atoms. The second-order valence-electron chi connectivity index (χ2n) is 6.57. The van der Waals surface area contributed by atoms with Gasteiger partial charge in [0.05, 0.1) is 21.5 Å². The Labute approximate surface area is 176 Å². The zero-order chi connectivity index (χ0) is 20.4. The maximum Gasteiger partial charge on any atom is 0.261 e. The zero-order valence-electron chi connectivity index (χ0n) is 15.5. The maximum absolute atomic E-state index is 12.3. The van der Waals surface area contributed by atoms with Crippen LogP contribution >= 0.6 is 22.9 Å². The Morgan fingerprint density at radius 1 is 1.24 bits per heavy atom. The van der Waals surface area contributed by atoms with Crippen LogP contribution in [0, 0.1) is 6.92 Å². The molecule has 6 nitrogen and oxygen atoms in total. The largest absolute Gasteiger partial charge is 0.348 e. The molecule has 1 amide bonds. The molecular formula is C21H18ClN3O3S. The van der Waals surface area contributed by atoms with Crippen LogP contribution < -0.4 is 16.4 Å². The predicted octanol–water partition coefficient (Wildman–Crippen LogP) is 3.54. The monoisotopic (exact) mass is 427 g/mol. The normalized spacial score (nSPS) is 15.7. The highest BCUT2D eigenvalue weighted by molar-refractivity contribution is 7.17. The minimum absolute atomic E-state index is 0.0374. The number of hydroxylamine groups is 1. The highest BCUT2D eigenvalue weighted by atomic mass is 35.5. The lowest BCUT2D eigenvalue weighted by molar-refractivity contribution is 0.0499. The molecule has 0 saturated carbocycles. The van der Waals surface area contributed by atoms with Gasteiger partial charge in [-0.3, -0.25) is 24.5 Å². The summed E-state index contributed by atoms with van der Waals surface area (Å²) in [5, 5.41) is 2.83. The molecule has 4 rings (SSSR count). The maximum atomic E-state index is 12.3. The third kappa shape index (κ3) is 4.27. The molecular weight excluding hydrogens is 410 g/mol. The van der Waals surface area contributed by atoms with E-state index in [9.17, 15) is 9.59 Å². The summed E-state index contributed by atoms with van der Waals surface area (Å²) < 4.78 is 2.19. The van der Waals surface area contributed by atoms with Crippen LogP contribution in [-0.4, -0.2) is 23.1 Å². The Morgan fingerprint density at radius 3 is 2.76 bits per heavy atom. The molecule has 2 aromatic heterocycles. The van der Waals surface area contributed by atoms with Crippen LogP contribution in [0.25, 0.3) is 11.4 Å². The van der Waals surface area contributed by atoms with Crippen LogP contribution in [0.4, 0.5) is 0 Å². The van der Waals surface area contributed by atoms with Crippen LogP contribution in [0.2, 0.25) is 4.34 Å². The standard InChI is InChI=1S/C21H18ClN3O3S/c1-13-3-2-10-25(21(13)27)15-6-4-14(5-7-15)17-11-16(28-24-17)12-23-20(26)18-8-9-19(22)29-18/h2-11,16,24H,12H2,1H3,(H,23,26)/t16-/m0/s1. The van der Waals surface area contributed by atoms with E-state index in [-0.39, 0.29) is 17.6 Å². The van der Waals surface area contributed by atoms with Crippen molar-refractivity contribution >= 4 is 34.5 Å². The first-order valence-electron chi connectivity index (χ1n) is 8.97. The number of thiophene rings is 1. The van der Waals surface area contributed by atoms with Gasteiger partial charge in [-0.1, -0.05) is 29.8 Å². The Morgan fingerprint density at radius 2 is 2.03 bits per heavy atom. The van der Waals surface area contributed by atoms with Crippen molar-refractivity contribution < 1.29 is 9.63 Å². The summed E-state index contributed by atoms with van der Waals surface area (Å²) in [6.07, 6.45) is 3.37. The second kappa shape index (κ2) is 8.24. The fourth-order valence-electron chi connectivity index (χ4n) is 2.97. The summed E-state index contributed by atoms with van der Waals surface area (Å²) >= 11 is 7.10. The van der Waals surface area contributed by atoms with Crippen LogP contribution in [0.5, 0.6) is 0 Å². The van der Waals surface area contributed by atoms with E-state index in [2.05, 4.69) is 10.8 Å². The van der Waals surface area contributed by atoms with Crippen molar-refractivity contribution in [3.05, 3.63) is 91.5 Å². The molecule has 0 unspecified atom stereocenters. The topological polar surface area (TPSA) is 72.4 Å². The number of nitrogens with zero attached hydrogens (tertiary/aromatic N) is 1. The lowest BCUT2D eigenvalue weighted by Crippen LogP contribution is -2.31. The third-order valence-electron chi connectivity index (χ3n) is 4.53. The van der Waals surface area contributed by atoms with Gasteiger partial charge in [0.25, 0.3) is 11.5 Å². The van der Waals surface area contributed by atoms with Crippen LogP contribution in [0.1, 0.15) is 20.8 Å². The molecule has 0 saturated heterocycles. The average Bonchev–Trinajstić information content (AvgIpc) is 3.38. The number of aryl methyl sites for hydroxylation is 1. The van der Waals surface area contributed by atoms with E-state index < -0.39 is 0 Å². The number of amides is 1. The number of hydrogen-bond acceptors (Lipinski definition) is 5. The average molecular weight is 428 g/mol. The minimum Gasteiger partial charge on any atom is -0.348 e. The molecule has 3 aromatic rings. The van der Waals surface area contributed by atoms with E-state index >= 15 is 0 Å². The van der Waals surface area contributed by atoms with Crippen molar-refractivity contribution in [1.29, 1.82) is 0 Å². The van der Waals surface area contributed by atoms with Gasteiger partial charge in [0.1, 0.15) is 6.10 Å². The number of hydrogen-bond donors (Lipinski definition) is 2. The highest BCUT2D eigenvalue weighted by Gasteiger charge is 2.19. The van der Waals surface area contributed by atoms with Crippen LogP contribution in [0.3, 0.4) is 0 Å². The van der Waals surface area contributed by atoms with Gasteiger partial charge >= 0.3 is 0 Å². The van der Waals surface area contributed by atoms with Gasteiger partial charge in [-0.05, 0) is 48.9 Å². The van der Waals surface area contributed by atoms with Crippen LogP contribution in [0.15, 0.2) is 65.6 Å². The molecule has 0 spiro atoms. The van der Waals surface area contributed by atoms with Gasteiger partial charge < -0.3 is 5.32 Å². The van der Waals surface area contributed by atoms with E-state index in [0.717, 1.165) is 16.9 Å². The van der Waals surface area contributed by atoms with E-state index in [1.54, 1.807) is 35.9 Å². The lowest BCUT2D eigenvalue weighted by Gasteiger charge is -2.09. The molecule has 0 radical (unpaired) electrons. The first-order valence-corrected chi connectivity index (χ1v) is 10.2. The fraction of sp³-hybridized carbons (Fsp3) is 0.143. The van der Waals surface area contributed by atoms with Gasteiger partial charge in [0.15, 0.2) is 0 Å². The van der Waals surface area contributed by atoms with Crippen molar-refractivity contribution in [2.24, 2.45) is 0 Å². The van der Waals surface area contributed by atoms with Gasteiger partial charge in [-0.2, -0.15) is 0 Å².